The molecule has 0 aromatic heterocycles. The Balaban J connectivity index is 1.77. The van der Waals surface area contributed by atoms with E-state index in [4.69, 9.17) is 0 Å². The highest BCUT2D eigenvalue weighted by Gasteiger charge is 2.64. The number of imide groups is 1. The zero-order valence-corrected chi connectivity index (χ0v) is 15.6. The molecule has 1 heterocycles. The predicted molar refractivity (Wildman–Crippen MR) is 94.1 cm³/mol. The first-order valence-electron chi connectivity index (χ1n) is 8.08. The summed E-state index contributed by atoms with van der Waals surface area (Å²) in [5.74, 6) is -1.00. The van der Waals surface area contributed by atoms with Gasteiger partial charge < -0.3 is 5.32 Å². The van der Waals surface area contributed by atoms with Crippen molar-refractivity contribution < 1.29 is 14.4 Å². The molecule has 6 heteroatoms. The summed E-state index contributed by atoms with van der Waals surface area (Å²) in [5, 5.41) is 2.74. The molecule has 1 aromatic carbocycles. The number of fused-ring (bicyclic) bond motifs is 2. The van der Waals surface area contributed by atoms with Crippen LogP contribution < -0.4 is 5.32 Å². The maximum Gasteiger partial charge on any atom is 0.244 e. The van der Waals surface area contributed by atoms with Crippen LogP contribution in [-0.4, -0.2) is 29.2 Å². The van der Waals surface area contributed by atoms with Crippen molar-refractivity contribution >= 4 is 39.3 Å². The molecule has 1 N–H and O–H groups in total. The first-order chi connectivity index (χ1) is 11.2. The number of nitrogens with one attached hydrogen (secondary N) is 1. The number of piperidine rings is 1. The average molecular weight is 393 g/mol. The van der Waals surface area contributed by atoms with Crippen LogP contribution in [0.1, 0.15) is 33.6 Å². The number of halogens is 1. The van der Waals surface area contributed by atoms with E-state index >= 15 is 0 Å². The lowest BCUT2D eigenvalue weighted by Gasteiger charge is -2.47. The van der Waals surface area contributed by atoms with Gasteiger partial charge in [0.05, 0.1) is 5.41 Å². The molecular formula is C18H21BrN2O3. The fraction of sp³-hybridized carbons (Fsp3) is 0.500. The lowest BCUT2D eigenvalue weighted by atomic mass is 9.62. The van der Waals surface area contributed by atoms with Crippen LogP contribution in [0.5, 0.6) is 0 Å². The van der Waals surface area contributed by atoms with Crippen molar-refractivity contribution in [2.24, 2.45) is 16.7 Å². The molecule has 1 aliphatic heterocycles. The number of carbonyl (C=O) groups is 3. The number of benzene rings is 1. The molecule has 1 saturated heterocycles. The highest BCUT2D eigenvalue weighted by molar-refractivity contribution is 9.10. The SMILES string of the molecule is CC12CCC(C(=O)N(CC(=O)Nc3cccc(Br)c3)C1=O)C2(C)C. The summed E-state index contributed by atoms with van der Waals surface area (Å²) >= 11 is 3.34. The monoisotopic (exact) mass is 392 g/mol. The Bertz CT molecular complexity index is 731. The molecule has 1 aliphatic carbocycles. The number of likely N-dealkylation sites (tertiary alicyclic amines) is 1. The van der Waals surface area contributed by atoms with Gasteiger partial charge in [-0.3, -0.25) is 19.3 Å². The van der Waals surface area contributed by atoms with Gasteiger partial charge in [-0.1, -0.05) is 42.8 Å². The Morgan fingerprint density at radius 3 is 2.71 bits per heavy atom. The average Bonchev–Trinajstić information content (AvgIpc) is 2.69. The molecule has 0 spiro atoms. The lowest BCUT2D eigenvalue weighted by molar-refractivity contribution is -0.168. The van der Waals surface area contributed by atoms with E-state index in [2.05, 4.69) is 21.2 Å². The molecule has 2 atom stereocenters. The summed E-state index contributed by atoms with van der Waals surface area (Å²) in [6.45, 7) is 5.66. The maximum atomic E-state index is 12.9. The Kier molecular flexibility index (Phi) is 4.06. The fourth-order valence-corrected chi connectivity index (χ4v) is 4.36. The summed E-state index contributed by atoms with van der Waals surface area (Å²) in [6.07, 6.45) is 1.40. The molecule has 2 aliphatic rings. The van der Waals surface area contributed by atoms with Gasteiger partial charge in [0, 0.05) is 16.1 Å². The summed E-state index contributed by atoms with van der Waals surface area (Å²) in [5.41, 5.74) is -0.319. The van der Waals surface area contributed by atoms with Crippen LogP contribution in [-0.2, 0) is 14.4 Å². The van der Waals surface area contributed by atoms with Crippen molar-refractivity contribution in [1.29, 1.82) is 0 Å². The summed E-state index contributed by atoms with van der Waals surface area (Å²) in [6, 6.07) is 7.19. The van der Waals surface area contributed by atoms with E-state index in [1.54, 1.807) is 18.2 Å². The molecular weight excluding hydrogens is 372 g/mol. The second-order valence-electron chi connectivity index (χ2n) is 7.43. The number of nitrogens with zero attached hydrogens (tertiary/aromatic N) is 1. The van der Waals surface area contributed by atoms with Crippen LogP contribution in [0.15, 0.2) is 28.7 Å². The van der Waals surface area contributed by atoms with Gasteiger partial charge in [0.25, 0.3) is 0 Å². The van der Waals surface area contributed by atoms with E-state index in [1.807, 2.05) is 26.8 Å². The number of carbonyl (C=O) groups excluding carboxylic acids is 3. The normalized spacial score (nSPS) is 28.2. The zero-order chi connectivity index (χ0) is 17.7. The molecule has 2 fully saturated rings. The van der Waals surface area contributed by atoms with Gasteiger partial charge in [-0.05, 0) is 36.5 Å². The summed E-state index contributed by atoms with van der Waals surface area (Å²) in [7, 11) is 0. The van der Waals surface area contributed by atoms with Crippen molar-refractivity contribution in [3.63, 3.8) is 0 Å². The van der Waals surface area contributed by atoms with E-state index in [0.29, 0.717) is 18.5 Å². The fourth-order valence-electron chi connectivity index (χ4n) is 3.96. The molecule has 3 rings (SSSR count). The molecule has 2 unspecified atom stereocenters. The highest BCUT2D eigenvalue weighted by Crippen LogP contribution is 2.59. The molecule has 5 nitrogen and oxygen atoms in total. The number of amides is 3. The van der Waals surface area contributed by atoms with E-state index < -0.39 is 5.41 Å². The van der Waals surface area contributed by atoms with Crippen molar-refractivity contribution in [3.05, 3.63) is 28.7 Å². The lowest BCUT2D eigenvalue weighted by Crippen LogP contribution is -2.60. The summed E-state index contributed by atoms with van der Waals surface area (Å²) < 4.78 is 0.845. The number of rotatable bonds is 3. The van der Waals surface area contributed by atoms with Crippen LogP contribution in [0, 0.1) is 16.7 Å². The molecule has 2 bridgehead atoms. The Morgan fingerprint density at radius 1 is 1.33 bits per heavy atom. The predicted octanol–water partition coefficient (Wildman–Crippen LogP) is 3.20. The van der Waals surface area contributed by atoms with Crippen LogP contribution in [0.3, 0.4) is 0 Å². The van der Waals surface area contributed by atoms with Gasteiger partial charge in [-0.25, -0.2) is 0 Å². The highest BCUT2D eigenvalue weighted by atomic mass is 79.9. The smallest absolute Gasteiger partial charge is 0.244 e. The van der Waals surface area contributed by atoms with Crippen molar-refractivity contribution in [2.75, 3.05) is 11.9 Å². The van der Waals surface area contributed by atoms with Crippen LogP contribution in [0.4, 0.5) is 5.69 Å². The van der Waals surface area contributed by atoms with Crippen molar-refractivity contribution in [1.82, 2.24) is 4.90 Å². The molecule has 1 aromatic rings. The Morgan fingerprint density at radius 2 is 2.04 bits per heavy atom. The van der Waals surface area contributed by atoms with E-state index in [-0.39, 0.29) is 35.6 Å². The third kappa shape index (κ3) is 2.48. The molecule has 0 radical (unpaired) electrons. The quantitative estimate of drug-likeness (QED) is 0.803. The second-order valence-corrected chi connectivity index (χ2v) is 8.35. The van der Waals surface area contributed by atoms with Gasteiger partial charge in [0.1, 0.15) is 6.54 Å². The van der Waals surface area contributed by atoms with Gasteiger partial charge >= 0.3 is 0 Å². The minimum Gasteiger partial charge on any atom is -0.324 e. The summed E-state index contributed by atoms with van der Waals surface area (Å²) in [4.78, 5) is 39.1. The maximum absolute atomic E-state index is 12.9. The van der Waals surface area contributed by atoms with Gasteiger partial charge in [0.15, 0.2) is 0 Å². The molecule has 24 heavy (non-hydrogen) atoms. The largest absolute Gasteiger partial charge is 0.324 e. The van der Waals surface area contributed by atoms with Crippen LogP contribution in [0.2, 0.25) is 0 Å². The Labute approximate surface area is 149 Å². The topological polar surface area (TPSA) is 66.5 Å². The van der Waals surface area contributed by atoms with Gasteiger partial charge in [-0.2, -0.15) is 0 Å². The van der Waals surface area contributed by atoms with E-state index in [9.17, 15) is 14.4 Å². The first kappa shape index (κ1) is 17.1. The van der Waals surface area contributed by atoms with Crippen LogP contribution in [0.25, 0.3) is 0 Å². The zero-order valence-electron chi connectivity index (χ0n) is 14.1. The standard InChI is InChI=1S/C18H21BrN2O3/c1-17(2)13-7-8-18(17,3)16(24)21(15(13)23)10-14(22)20-12-6-4-5-11(19)9-12/h4-6,9,13H,7-8,10H2,1-3H3,(H,20,22). The van der Waals surface area contributed by atoms with Gasteiger partial charge in [-0.15, -0.1) is 0 Å². The first-order valence-corrected chi connectivity index (χ1v) is 8.87. The van der Waals surface area contributed by atoms with Crippen LogP contribution >= 0.6 is 15.9 Å². The molecule has 3 amide bonds. The minimum atomic E-state index is -0.582. The third-order valence-electron chi connectivity index (χ3n) is 5.92. The minimum absolute atomic E-state index is 0.195. The van der Waals surface area contributed by atoms with E-state index in [0.717, 1.165) is 9.37 Å². The number of anilines is 1. The number of hydrogen-bond donors (Lipinski definition) is 1. The number of hydrogen-bond acceptors (Lipinski definition) is 3. The van der Waals surface area contributed by atoms with Crippen molar-refractivity contribution in [3.8, 4) is 0 Å². The second kappa shape index (κ2) is 5.69. The molecule has 1 saturated carbocycles. The molecule has 128 valence electrons. The third-order valence-corrected chi connectivity index (χ3v) is 6.41. The van der Waals surface area contributed by atoms with Gasteiger partial charge in [0.2, 0.25) is 17.7 Å². The Hall–Kier alpha value is -1.69. The van der Waals surface area contributed by atoms with E-state index in [1.165, 1.54) is 0 Å². The van der Waals surface area contributed by atoms with Crippen molar-refractivity contribution in [2.45, 2.75) is 33.6 Å².